The van der Waals surface area contributed by atoms with Gasteiger partial charge in [-0.2, -0.15) is 0 Å². The number of fused-ring (bicyclic) bond motifs is 1. The highest BCUT2D eigenvalue weighted by Crippen LogP contribution is 2.36. The monoisotopic (exact) mass is 377 g/mol. The lowest BCUT2D eigenvalue weighted by molar-refractivity contribution is 0.141. The summed E-state index contributed by atoms with van der Waals surface area (Å²) in [6.45, 7) is 3.14. The van der Waals surface area contributed by atoms with Crippen LogP contribution in [0.25, 0.3) is 10.9 Å². The average molecular weight is 377 g/mol. The Morgan fingerprint density at radius 1 is 1.11 bits per heavy atom. The number of benzene rings is 2. The molecule has 5 heteroatoms. The van der Waals surface area contributed by atoms with Crippen LogP contribution in [0.1, 0.15) is 56.1 Å². The first-order valence-corrected chi connectivity index (χ1v) is 10.1. The summed E-state index contributed by atoms with van der Waals surface area (Å²) in [5, 5.41) is 0.640. The molecule has 1 aliphatic heterocycles. The Bertz CT molecular complexity index is 997. The van der Waals surface area contributed by atoms with Crippen LogP contribution < -0.4 is 10.3 Å². The summed E-state index contributed by atoms with van der Waals surface area (Å²) in [6.07, 6.45) is 4.71. The topological polar surface area (TPSA) is 58.2 Å². The van der Waals surface area contributed by atoms with Gasteiger partial charge in [-0.05, 0) is 56.1 Å². The predicted octanol–water partition coefficient (Wildman–Crippen LogP) is 4.61. The number of aromatic amines is 1. The summed E-state index contributed by atoms with van der Waals surface area (Å²) in [5.74, 6) is 1.61. The molecule has 1 N–H and O–H groups in total. The van der Waals surface area contributed by atoms with Crippen LogP contribution in [0.5, 0.6) is 5.75 Å². The fourth-order valence-corrected chi connectivity index (χ4v) is 4.24. The molecule has 1 saturated heterocycles. The maximum absolute atomic E-state index is 12.5. The molecule has 146 valence electrons. The van der Waals surface area contributed by atoms with E-state index in [1.54, 1.807) is 7.11 Å². The van der Waals surface area contributed by atoms with Gasteiger partial charge in [-0.1, -0.05) is 37.1 Å². The molecule has 0 radical (unpaired) electrons. The fourth-order valence-electron chi connectivity index (χ4n) is 4.24. The Morgan fingerprint density at radius 2 is 1.89 bits per heavy atom. The molecule has 5 nitrogen and oxygen atoms in total. The third kappa shape index (κ3) is 3.67. The van der Waals surface area contributed by atoms with E-state index < -0.39 is 0 Å². The van der Waals surface area contributed by atoms with Crippen LogP contribution in [0.2, 0.25) is 0 Å². The molecule has 0 aliphatic carbocycles. The minimum atomic E-state index is -0.0664. The first kappa shape index (κ1) is 18.7. The highest BCUT2D eigenvalue weighted by atomic mass is 16.5. The van der Waals surface area contributed by atoms with Crippen molar-refractivity contribution in [2.75, 3.05) is 13.7 Å². The number of rotatable bonds is 4. The molecule has 2 aromatic carbocycles. The zero-order valence-corrected chi connectivity index (χ0v) is 16.5. The van der Waals surface area contributed by atoms with Gasteiger partial charge in [0.2, 0.25) is 0 Å². The quantitative estimate of drug-likeness (QED) is 0.721. The molecule has 0 saturated carbocycles. The molecular formula is C23H27N3O2. The number of methoxy groups -OCH3 is 1. The smallest absolute Gasteiger partial charge is 0.258 e. The lowest BCUT2D eigenvalue weighted by Crippen LogP contribution is -2.33. The van der Waals surface area contributed by atoms with Crippen LogP contribution in [0.15, 0.2) is 53.3 Å². The molecule has 0 amide bonds. The number of likely N-dealkylation sites (tertiary alicyclic amines) is 1. The molecule has 3 aromatic rings. The molecule has 1 aromatic heterocycles. The number of hydrogen-bond acceptors (Lipinski definition) is 4. The van der Waals surface area contributed by atoms with Crippen LogP contribution in [-0.2, 0) is 0 Å². The first-order chi connectivity index (χ1) is 13.7. The van der Waals surface area contributed by atoms with Crippen molar-refractivity contribution in [3.63, 3.8) is 0 Å². The van der Waals surface area contributed by atoms with Gasteiger partial charge >= 0.3 is 0 Å². The van der Waals surface area contributed by atoms with Crippen molar-refractivity contribution in [3.8, 4) is 5.75 Å². The number of ether oxygens (including phenoxy) is 1. The summed E-state index contributed by atoms with van der Waals surface area (Å²) in [7, 11) is 1.69. The minimum absolute atomic E-state index is 0.0301. The molecular weight excluding hydrogens is 350 g/mol. The molecule has 4 rings (SSSR count). The Balaban J connectivity index is 1.70. The van der Waals surface area contributed by atoms with Crippen molar-refractivity contribution in [2.45, 2.75) is 44.7 Å². The Kier molecular flexibility index (Phi) is 5.44. The van der Waals surface area contributed by atoms with E-state index in [0.717, 1.165) is 36.5 Å². The van der Waals surface area contributed by atoms with Gasteiger partial charge in [-0.15, -0.1) is 0 Å². The third-order valence-corrected chi connectivity index (χ3v) is 5.82. The van der Waals surface area contributed by atoms with Crippen molar-refractivity contribution in [2.24, 2.45) is 0 Å². The van der Waals surface area contributed by atoms with Crippen LogP contribution >= 0.6 is 0 Å². The zero-order valence-electron chi connectivity index (χ0n) is 16.5. The van der Waals surface area contributed by atoms with Crippen molar-refractivity contribution >= 4 is 10.9 Å². The van der Waals surface area contributed by atoms with Gasteiger partial charge in [0.05, 0.1) is 24.1 Å². The standard InChI is InChI=1S/C23H27N3O2/c1-16(22-24-20-9-6-5-8-19(20)23(27)25-22)26-15-7-3-4-10-21(26)17-11-13-18(28-2)14-12-17/h5-6,8-9,11-14,16,21H,3-4,7,10,15H2,1-2H3,(H,24,25,27)/t16-,21+/m1/s1. The van der Waals surface area contributed by atoms with E-state index >= 15 is 0 Å². The van der Waals surface area contributed by atoms with Crippen molar-refractivity contribution in [1.29, 1.82) is 0 Å². The van der Waals surface area contributed by atoms with Gasteiger partial charge in [-0.3, -0.25) is 9.69 Å². The summed E-state index contributed by atoms with van der Waals surface area (Å²) in [4.78, 5) is 22.8. The van der Waals surface area contributed by atoms with E-state index in [0.29, 0.717) is 11.4 Å². The van der Waals surface area contributed by atoms with E-state index in [1.807, 2.05) is 36.4 Å². The Morgan fingerprint density at radius 3 is 2.68 bits per heavy atom. The van der Waals surface area contributed by atoms with E-state index in [4.69, 9.17) is 9.72 Å². The van der Waals surface area contributed by atoms with Crippen molar-refractivity contribution in [1.82, 2.24) is 14.9 Å². The largest absolute Gasteiger partial charge is 0.497 e. The Hall–Kier alpha value is -2.66. The molecule has 1 fully saturated rings. The highest BCUT2D eigenvalue weighted by molar-refractivity contribution is 5.77. The number of H-pyrrole nitrogens is 1. The van der Waals surface area contributed by atoms with E-state index in [2.05, 4.69) is 28.9 Å². The lowest BCUT2D eigenvalue weighted by atomic mass is 9.99. The van der Waals surface area contributed by atoms with Gasteiger partial charge < -0.3 is 9.72 Å². The molecule has 2 heterocycles. The van der Waals surface area contributed by atoms with E-state index in [9.17, 15) is 4.79 Å². The summed E-state index contributed by atoms with van der Waals surface area (Å²) >= 11 is 0. The second-order valence-corrected chi connectivity index (χ2v) is 7.52. The maximum atomic E-state index is 12.5. The number of para-hydroxylation sites is 1. The van der Waals surface area contributed by atoms with Crippen LogP contribution in [0, 0.1) is 0 Å². The summed E-state index contributed by atoms with van der Waals surface area (Å²) in [6, 6.07) is 16.2. The predicted molar refractivity (Wildman–Crippen MR) is 112 cm³/mol. The fraction of sp³-hybridized carbons (Fsp3) is 0.391. The minimum Gasteiger partial charge on any atom is -0.497 e. The zero-order chi connectivity index (χ0) is 19.5. The van der Waals surface area contributed by atoms with Crippen LogP contribution in [0.4, 0.5) is 0 Å². The molecule has 2 atom stereocenters. The molecule has 1 aliphatic rings. The second-order valence-electron chi connectivity index (χ2n) is 7.52. The second kappa shape index (κ2) is 8.15. The Labute approximate surface area is 165 Å². The number of aromatic nitrogens is 2. The number of nitrogens with one attached hydrogen (secondary N) is 1. The van der Waals surface area contributed by atoms with E-state index in [-0.39, 0.29) is 11.6 Å². The van der Waals surface area contributed by atoms with Gasteiger partial charge in [-0.25, -0.2) is 4.98 Å². The van der Waals surface area contributed by atoms with Gasteiger partial charge in [0.15, 0.2) is 0 Å². The van der Waals surface area contributed by atoms with E-state index in [1.165, 1.54) is 18.4 Å². The molecule has 28 heavy (non-hydrogen) atoms. The molecule has 0 unspecified atom stereocenters. The molecule has 0 spiro atoms. The summed E-state index contributed by atoms with van der Waals surface area (Å²) in [5.41, 5.74) is 1.98. The van der Waals surface area contributed by atoms with Crippen molar-refractivity contribution < 1.29 is 4.74 Å². The van der Waals surface area contributed by atoms with Crippen molar-refractivity contribution in [3.05, 3.63) is 70.3 Å². The van der Waals surface area contributed by atoms with Gasteiger partial charge in [0, 0.05) is 6.04 Å². The SMILES string of the molecule is COc1ccc([C@@H]2CCCCCN2[C@H](C)c2nc3ccccc3c(=O)[nH]2)cc1. The lowest BCUT2D eigenvalue weighted by Gasteiger charge is -2.35. The summed E-state index contributed by atoms with van der Waals surface area (Å²) < 4.78 is 5.32. The first-order valence-electron chi connectivity index (χ1n) is 10.1. The van der Waals surface area contributed by atoms with Crippen LogP contribution in [0.3, 0.4) is 0 Å². The van der Waals surface area contributed by atoms with Gasteiger partial charge in [0.1, 0.15) is 11.6 Å². The normalized spacial score (nSPS) is 19.3. The molecule has 0 bridgehead atoms. The highest BCUT2D eigenvalue weighted by Gasteiger charge is 2.28. The van der Waals surface area contributed by atoms with Gasteiger partial charge in [0.25, 0.3) is 5.56 Å². The number of nitrogens with zero attached hydrogens (tertiary/aromatic N) is 2. The third-order valence-electron chi connectivity index (χ3n) is 5.82. The van der Waals surface area contributed by atoms with Crippen LogP contribution in [-0.4, -0.2) is 28.5 Å². The maximum Gasteiger partial charge on any atom is 0.258 e. The average Bonchev–Trinajstić information content (AvgIpc) is 2.99. The number of hydrogen-bond donors (Lipinski definition) is 1.